The summed E-state index contributed by atoms with van der Waals surface area (Å²) < 4.78 is 0. The molecule has 0 radical (unpaired) electrons. The highest BCUT2D eigenvalue weighted by molar-refractivity contribution is 6.31. The first kappa shape index (κ1) is 45.1. The second kappa shape index (κ2) is 17.3. The summed E-state index contributed by atoms with van der Waals surface area (Å²) in [5, 5.41) is 14.4. The molecule has 0 atom stereocenters. The van der Waals surface area contributed by atoms with Gasteiger partial charge in [0.15, 0.2) is 0 Å². The van der Waals surface area contributed by atoms with E-state index in [2.05, 4.69) is 267 Å². The molecule has 2 aliphatic rings. The molecular weight excluding hydrogens is 989 g/mol. The van der Waals surface area contributed by atoms with Gasteiger partial charge in [-0.15, -0.1) is 0 Å². The van der Waals surface area contributed by atoms with Crippen molar-refractivity contribution >= 4 is 75.7 Å². The molecule has 0 unspecified atom stereocenters. The molecule has 2 nitrogen and oxygen atoms in total. The minimum atomic E-state index is 0.953. The van der Waals surface area contributed by atoms with Crippen molar-refractivity contribution in [2.75, 3.05) is 0 Å². The molecule has 16 aromatic rings. The maximum Gasteiger partial charge on any atom is 0.0787 e. The molecule has 0 aliphatic heterocycles. The van der Waals surface area contributed by atoms with Crippen LogP contribution in [-0.2, 0) is 0 Å². The summed E-state index contributed by atoms with van der Waals surface area (Å²) in [6, 6.07) is 99.1. The van der Waals surface area contributed by atoms with E-state index in [1.807, 2.05) is 12.4 Å². The molecule has 376 valence electrons. The number of pyridine rings is 2. The second-order valence-electron chi connectivity index (χ2n) is 22.1. The molecule has 2 heterocycles. The highest BCUT2D eigenvalue weighted by Crippen LogP contribution is 2.60. The van der Waals surface area contributed by atoms with Crippen LogP contribution in [0, 0.1) is 0 Å². The van der Waals surface area contributed by atoms with E-state index >= 15 is 0 Å². The molecule has 18 rings (SSSR count). The first-order valence-corrected chi connectivity index (χ1v) is 28.4. The van der Waals surface area contributed by atoms with E-state index in [-0.39, 0.29) is 0 Å². The van der Waals surface area contributed by atoms with Gasteiger partial charge in [0, 0.05) is 33.9 Å². The Morgan fingerprint density at radius 1 is 0.183 bits per heavy atom. The zero-order valence-electron chi connectivity index (χ0n) is 44.5. The van der Waals surface area contributed by atoms with E-state index in [1.54, 1.807) is 0 Å². The first-order valence-electron chi connectivity index (χ1n) is 28.4. The van der Waals surface area contributed by atoms with Crippen LogP contribution in [0.25, 0.3) is 187 Å². The third-order valence-corrected chi connectivity index (χ3v) is 17.9. The summed E-state index contributed by atoms with van der Waals surface area (Å²) in [4.78, 5) is 10.6. The van der Waals surface area contributed by atoms with Crippen LogP contribution in [0.5, 0.6) is 0 Å². The molecule has 14 aromatic carbocycles. The Morgan fingerprint density at radius 2 is 0.512 bits per heavy atom. The molecule has 0 bridgehead atoms. The van der Waals surface area contributed by atoms with E-state index in [0.717, 1.165) is 54.8 Å². The third-order valence-electron chi connectivity index (χ3n) is 17.9. The van der Waals surface area contributed by atoms with Gasteiger partial charge < -0.3 is 0 Å². The monoisotopic (exact) mass is 1030 g/mol. The van der Waals surface area contributed by atoms with Gasteiger partial charge in [-0.1, -0.05) is 231 Å². The Bertz CT molecular complexity index is 5060. The lowest BCUT2D eigenvalue weighted by Crippen LogP contribution is -1.95. The Morgan fingerprint density at radius 3 is 0.854 bits per heavy atom. The minimum absolute atomic E-state index is 0.953. The summed E-state index contributed by atoms with van der Waals surface area (Å²) >= 11 is 0. The number of hydrogen-bond donors (Lipinski definition) is 0. The molecule has 0 saturated heterocycles. The van der Waals surface area contributed by atoms with Crippen molar-refractivity contribution in [2.45, 2.75) is 0 Å². The van der Waals surface area contributed by atoms with Gasteiger partial charge in [-0.2, -0.15) is 0 Å². The Labute approximate surface area is 473 Å². The molecule has 0 saturated carbocycles. The lowest BCUT2D eigenvalue weighted by atomic mass is 9.81. The van der Waals surface area contributed by atoms with Gasteiger partial charge in [0.2, 0.25) is 0 Å². The van der Waals surface area contributed by atoms with Gasteiger partial charge in [-0.05, 0) is 191 Å². The average molecular weight is 1040 g/mol. The Balaban J connectivity index is 0.901. The van der Waals surface area contributed by atoms with Gasteiger partial charge in [0.1, 0.15) is 0 Å². The third kappa shape index (κ3) is 6.35. The summed E-state index contributed by atoms with van der Waals surface area (Å²) in [6.45, 7) is 0. The first-order chi connectivity index (χ1) is 40.7. The summed E-state index contributed by atoms with van der Waals surface area (Å²) in [6.07, 6.45) is 3.89. The quantitative estimate of drug-likeness (QED) is 0.155. The number of hydrogen-bond acceptors (Lipinski definition) is 2. The molecule has 0 N–H and O–H groups in total. The van der Waals surface area contributed by atoms with Crippen molar-refractivity contribution in [1.29, 1.82) is 0 Å². The van der Waals surface area contributed by atoms with Crippen molar-refractivity contribution in [3.63, 3.8) is 0 Å². The Hall–Kier alpha value is -10.8. The molecule has 82 heavy (non-hydrogen) atoms. The maximum atomic E-state index is 5.31. The standard InChI is InChI=1S/C80H46N2/c1-5-19-49(20-6-1)71-55-39-37-53(43-65(55)73(51-23-9-3-10-24-51)77-61-33-15-29-47-27-13-31-59(69(47)61)75(71)77)63-45-67-68(79-57(63)35-17-41-81-79)46-64(58-36-18-42-82-80(58)67)54-38-40-56-66(44-54)74(52-25-11-4-12-26-52)78-62-34-16-30-48-28-14-32-60(70(48)62)76(78)72(56)50-21-7-2-8-22-50/h1-46H. The van der Waals surface area contributed by atoms with E-state index in [1.165, 1.54) is 132 Å². The second-order valence-corrected chi connectivity index (χ2v) is 22.1. The van der Waals surface area contributed by atoms with Crippen LogP contribution >= 0.6 is 0 Å². The van der Waals surface area contributed by atoms with Crippen molar-refractivity contribution in [3.05, 3.63) is 279 Å². The highest BCUT2D eigenvalue weighted by atomic mass is 14.7. The maximum absolute atomic E-state index is 5.31. The number of benzene rings is 14. The van der Waals surface area contributed by atoms with E-state index < -0.39 is 0 Å². The topological polar surface area (TPSA) is 25.8 Å². The van der Waals surface area contributed by atoms with Crippen molar-refractivity contribution < 1.29 is 0 Å². The summed E-state index contributed by atoms with van der Waals surface area (Å²) in [7, 11) is 0. The highest BCUT2D eigenvalue weighted by Gasteiger charge is 2.33. The number of nitrogens with zero attached hydrogens (tertiary/aromatic N) is 2. The largest absolute Gasteiger partial charge is 0.256 e. The minimum Gasteiger partial charge on any atom is -0.256 e. The smallest absolute Gasteiger partial charge is 0.0787 e. The number of rotatable bonds is 6. The fourth-order valence-electron chi connectivity index (χ4n) is 14.7. The fraction of sp³-hybridized carbons (Fsp3) is 0. The normalized spacial score (nSPS) is 12.1. The number of aromatic nitrogens is 2. The van der Waals surface area contributed by atoms with Crippen molar-refractivity contribution in [1.82, 2.24) is 9.97 Å². The van der Waals surface area contributed by atoms with Crippen LogP contribution in [-0.4, -0.2) is 9.97 Å². The molecule has 0 fully saturated rings. The van der Waals surface area contributed by atoms with E-state index in [9.17, 15) is 0 Å². The molecule has 2 aromatic heterocycles. The zero-order valence-corrected chi connectivity index (χ0v) is 44.5. The van der Waals surface area contributed by atoms with Gasteiger partial charge in [-0.3, -0.25) is 9.97 Å². The van der Waals surface area contributed by atoms with Gasteiger partial charge in [0.05, 0.1) is 11.0 Å². The molecular formula is C80H46N2. The van der Waals surface area contributed by atoms with Crippen LogP contribution in [0.2, 0.25) is 0 Å². The van der Waals surface area contributed by atoms with Gasteiger partial charge in [-0.25, -0.2) is 0 Å². The van der Waals surface area contributed by atoms with Crippen molar-refractivity contribution in [3.8, 4) is 111 Å². The predicted molar refractivity (Wildman–Crippen MR) is 346 cm³/mol. The SMILES string of the molecule is c1ccc(-c2c3c(c(-c4ccccc4)c4cc(-c5cc6c(cc(-c7ccc8c(-c9ccccc9)c9c(c(-c%10ccccc%10)c8c7)-c7cccc8cccc-9c78)c7cccnc76)c6ncccc56)ccc24)-c2cccc4cccc-3c24)cc1. The molecule has 2 heteroatoms. The fourth-order valence-corrected chi connectivity index (χ4v) is 14.7. The lowest BCUT2D eigenvalue weighted by Gasteiger charge is -2.22. The van der Waals surface area contributed by atoms with E-state index in [4.69, 9.17) is 9.97 Å². The van der Waals surface area contributed by atoms with Gasteiger partial charge >= 0.3 is 0 Å². The van der Waals surface area contributed by atoms with Gasteiger partial charge in [0.25, 0.3) is 0 Å². The van der Waals surface area contributed by atoms with Crippen LogP contribution in [0.15, 0.2) is 279 Å². The lowest BCUT2D eigenvalue weighted by molar-refractivity contribution is 1.41. The molecule has 0 spiro atoms. The average Bonchev–Trinajstić information content (AvgIpc) is 2.61. The molecule has 0 amide bonds. The Kier molecular flexibility index (Phi) is 9.54. The predicted octanol–water partition coefficient (Wildman–Crippen LogP) is 21.8. The number of fused-ring (bicyclic) bond motifs is 13. The van der Waals surface area contributed by atoms with E-state index in [0.29, 0.717) is 0 Å². The van der Waals surface area contributed by atoms with Crippen LogP contribution in [0.3, 0.4) is 0 Å². The van der Waals surface area contributed by atoms with Crippen LogP contribution < -0.4 is 0 Å². The molecule has 2 aliphatic carbocycles. The van der Waals surface area contributed by atoms with Crippen LogP contribution in [0.1, 0.15) is 0 Å². The van der Waals surface area contributed by atoms with Crippen LogP contribution in [0.4, 0.5) is 0 Å². The zero-order chi connectivity index (χ0) is 53.6. The van der Waals surface area contributed by atoms with Crippen molar-refractivity contribution in [2.24, 2.45) is 0 Å². The summed E-state index contributed by atoms with van der Waals surface area (Å²) in [5.41, 5.74) is 26.6. The summed E-state index contributed by atoms with van der Waals surface area (Å²) in [5.74, 6) is 0.